The van der Waals surface area contributed by atoms with Crippen molar-refractivity contribution in [2.45, 2.75) is 0 Å². The molecule has 30 heavy (non-hydrogen) atoms. The number of thiocarbonyl (C=S) groups is 1. The van der Waals surface area contributed by atoms with Crippen molar-refractivity contribution in [2.75, 3.05) is 21.3 Å². The van der Waals surface area contributed by atoms with Crippen molar-refractivity contribution < 1.29 is 28.2 Å². The molecule has 2 aromatic rings. The summed E-state index contributed by atoms with van der Waals surface area (Å²) in [4.78, 5) is 24.3. The van der Waals surface area contributed by atoms with E-state index in [0.29, 0.717) is 22.8 Å². The van der Waals surface area contributed by atoms with Gasteiger partial charge < -0.3 is 14.2 Å². The summed E-state index contributed by atoms with van der Waals surface area (Å²) in [7, 11) is 4.32. The highest BCUT2D eigenvalue weighted by Crippen LogP contribution is 2.38. The monoisotopic (exact) mass is 433 g/mol. The third kappa shape index (κ3) is 6.17. The summed E-state index contributed by atoms with van der Waals surface area (Å²) in [6, 6.07) is 8.53. The number of halogens is 1. The van der Waals surface area contributed by atoms with E-state index in [9.17, 15) is 14.0 Å². The summed E-state index contributed by atoms with van der Waals surface area (Å²) >= 11 is 4.97. The van der Waals surface area contributed by atoms with Crippen molar-refractivity contribution >= 4 is 35.2 Å². The van der Waals surface area contributed by atoms with Gasteiger partial charge in [0.25, 0.3) is 5.91 Å². The van der Waals surface area contributed by atoms with Gasteiger partial charge in [-0.2, -0.15) is 0 Å². The molecular formula is C20H20FN3O5S. The maximum atomic E-state index is 12.9. The largest absolute Gasteiger partial charge is 0.493 e. The zero-order valence-corrected chi connectivity index (χ0v) is 17.3. The fourth-order valence-corrected chi connectivity index (χ4v) is 2.48. The van der Waals surface area contributed by atoms with E-state index in [0.717, 1.165) is 0 Å². The van der Waals surface area contributed by atoms with Gasteiger partial charge in [0.15, 0.2) is 16.6 Å². The van der Waals surface area contributed by atoms with Gasteiger partial charge in [0, 0.05) is 11.6 Å². The third-order valence-corrected chi connectivity index (χ3v) is 3.95. The second-order valence-electron chi connectivity index (χ2n) is 5.70. The molecule has 0 aromatic heterocycles. The molecule has 0 aliphatic carbocycles. The van der Waals surface area contributed by atoms with Crippen LogP contribution in [0.15, 0.2) is 42.5 Å². The Bertz CT molecular complexity index is 938. The van der Waals surface area contributed by atoms with Crippen molar-refractivity contribution in [2.24, 2.45) is 0 Å². The maximum Gasteiger partial charge on any atom is 0.269 e. The smallest absolute Gasteiger partial charge is 0.269 e. The molecule has 0 fully saturated rings. The zero-order valence-electron chi connectivity index (χ0n) is 16.4. The topological polar surface area (TPSA) is 97.9 Å². The molecule has 0 spiro atoms. The fourth-order valence-electron chi connectivity index (χ4n) is 2.33. The number of hydrogen-bond acceptors (Lipinski definition) is 6. The summed E-state index contributed by atoms with van der Waals surface area (Å²) in [5.41, 5.74) is 5.64. The molecule has 158 valence electrons. The van der Waals surface area contributed by atoms with Gasteiger partial charge in [-0.05, 0) is 48.1 Å². The molecule has 0 heterocycles. The van der Waals surface area contributed by atoms with Crippen LogP contribution in [0.25, 0.3) is 6.08 Å². The molecule has 0 atom stereocenters. The molecule has 0 saturated carbocycles. The minimum absolute atomic E-state index is 0.121. The second-order valence-corrected chi connectivity index (χ2v) is 6.10. The molecular weight excluding hydrogens is 413 g/mol. The molecule has 0 bridgehead atoms. The van der Waals surface area contributed by atoms with Gasteiger partial charge in [0.1, 0.15) is 5.82 Å². The average molecular weight is 433 g/mol. The van der Waals surface area contributed by atoms with Crippen molar-refractivity contribution in [1.82, 2.24) is 16.2 Å². The van der Waals surface area contributed by atoms with E-state index < -0.39 is 11.8 Å². The molecule has 2 aromatic carbocycles. The Hall–Kier alpha value is -3.66. The lowest BCUT2D eigenvalue weighted by Crippen LogP contribution is -2.48. The lowest BCUT2D eigenvalue weighted by Gasteiger charge is -2.14. The highest BCUT2D eigenvalue weighted by atomic mass is 32.1. The first-order chi connectivity index (χ1) is 14.4. The summed E-state index contributed by atoms with van der Waals surface area (Å²) in [5, 5.41) is 2.25. The predicted molar refractivity (Wildman–Crippen MR) is 113 cm³/mol. The number of amides is 2. The van der Waals surface area contributed by atoms with E-state index in [1.54, 1.807) is 0 Å². The number of hydrogen-bond donors (Lipinski definition) is 3. The highest BCUT2D eigenvalue weighted by molar-refractivity contribution is 7.80. The molecule has 0 unspecified atom stereocenters. The van der Waals surface area contributed by atoms with E-state index >= 15 is 0 Å². The van der Waals surface area contributed by atoms with Crippen molar-refractivity contribution in [1.29, 1.82) is 0 Å². The molecule has 0 saturated heterocycles. The second kappa shape index (κ2) is 10.8. The minimum Gasteiger partial charge on any atom is -0.493 e. The third-order valence-electron chi connectivity index (χ3n) is 3.75. The van der Waals surface area contributed by atoms with Gasteiger partial charge >= 0.3 is 0 Å². The van der Waals surface area contributed by atoms with Crippen molar-refractivity contribution in [3.63, 3.8) is 0 Å². The molecule has 3 N–H and O–H groups in total. The molecule has 2 amide bonds. The minimum atomic E-state index is -0.548. The number of ether oxygens (including phenoxy) is 3. The van der Waals surface area contributed by atoms with Gasteiger partial charge in [-0.1, -0.05) is 12.1 Å². The van der Waals surface area contributed by atoms with Gasteiger partial charge in [0.2, 0.25) is 11.7 Å². The Labute approximate surface area is 178 Å². The number of nitrogens with one attached hydrogen (secondary N) is 3. The Kier molecular flexibility index (Phi) is 8.12. The fraction of sp³-hybridized carbons (Fsp3) is 0.150. The van der Waals surface area contributed by atoms with Gasteiger partial charge in [-0.3, -0.25) is 25.8 Å². The number of methoxy groups -OCH3 is 3. The van der Waals surface area contributed by atoms with Crippen LogP contribution in [0.4, 0.5) is 4.39 Å². The Morgan fingerprint density at radius 1 is 0.967 bits per heavy atom. The van der Waals surface area contributed by atoms with Crippen LogP contribution in [0.2, 0.25) is 0 Å². The van der Waals surface area contributed by atoms with E-state index in [2.05, 4.69) is 16.2 Å². The van der Waals surface area contributed by atoms with Crippen LogP contribution in [-0.2, 0) is 4.79 Å². The summed E-state index contributed by atoms with van der Waals surface area (Å²) in [5.74, 6) is -0.482. The molecule has 8 nitrogen and oxygen atoms in total. The number of carbonyl (C=O) groups is 2. The van der Waals surface area contributed by atoms with Crippen LogP contribution in [0, 0.1) is 5.82 Å². The first-order valence-corrected chi connectivity index (χ1v) is 8.93. The quantitative estimate of drug-likeness (QED) is 0.365. The molecule has 0 aliphatic rings. The van der Waals surface area contributed by atoms with Crippen LogP contribution in [-0.4, -0.2) is 38.3 Å². The summed E-state index contributed by atoms with van der Waals surface area (Å²) in [6.45, 7) is 0. The Balaban J connectivity index is 1.93. The van der Waals surface area contributed by atoms with Crippen molar-refractivity contribution in [3.05, 3.63) is 59.4 Å². The Morgan fingerprint density at radius 3 is 2.10 bits per heavy atom. The standard InChI is InChI=1S/C20H20FN3O5S/c1-27-15-10-13(11-16(28-2)18(15)29-3)19(26)23-24-20(30)22-17(25)9-6-12-4-7-14(21)8-5-12/h4-11H,1-3H3,(H,23,26)(H2,22,24,25,30). The number of hydrazine groups is 1. The highest BCUT2D eigenvalue weighted by Gasteiger charge is 2.17. The first kappa shape index (κ1) is 22.6. The first-order valence-electron chi connectivity index (χ1n) is 8.53. The molecule has 10 heteroatoms. The van der Waals surface area contributed by atoms with E-state index in [-0.39, 0.29) is 16.5 Å². The number of benzene rings is 2. The van der Waals surface area contributed by atoms with E-state index in [1.165, 1.54) is 69.9 Å². The normalized spacial score (nSPS) is 10.3. The lowest BCUT2D eigenvalue weighted by molar-refractivity contribution is -0.115. The SMILES string of the molecule is COc1cc(C(=O)NNC(=S)NC(=O)C=Cc2ccc(F)cc2)cc(OC)c1OC. The summed E-state index contributed by atoms with van der Waals surface area (Å²) < 4.78 is 28.5. The van der Waals surface area contributed by atoms with Gasteiger partial charge in [-0.15, -0.1) is 0 Å². The van der Waals surface area contributed by atoms with E-state index in [1.807, 2.05) is 0 Å². The molecule has 0 aliphatic heterocycles. The van der Waals surface area contributed by atoms with E-state index in [4.69, 9.17) is 26.4 Å². The Morgan fingerprint density at radius 2 is 1.57 bits per heavy atom. The average Bonchev–Trinajstić information content (AvgIpc) is 2.75. The molecule has 2 rings (SSSR count). The van der Waals surface area contributed by atoms with Crippen LogP contribution >= 0.6 is 12.2 Å². The van der Waals surface area contributed by atoms with Crippen LogP contribution in [0.3, 0.4) is 0 Å². The predicted octanol–water partition coefficient (Wildman–Crippen LogP) is 2.20. The van der Waals surface area contributed by atoms with Crippen LogP contribution in [0.5, 0.6) is 17.2 Å². The van der Waals surface area contributed by atoms with Crippen molar-refractivity contribution in [3.8, 4) is 17.2 Å². The van der Waals surface area contributed by atoms with Gasteiger partial charge in [0.05, 0.1) is 21.3 Å². The number of carbonyl (C=O) groups excluding carboxylic acids is 2. The zero-order chi connectivity index (χ0) is 22.1. The molecule has 0 radical (unpaired) electrons. The maximum absolute atomic E-state index is 12.9. The van der Waals surface area contributed by atoms with Gasteiger partial charge in [-0.25, -0.2) is 4.39 Å². The van der Waals surface area contributed by atoms with Crippen LogP contribution < -0.4 is 30.4 Å². The lowest BCUT2D eigenvalue weighted by atomic mass is 10.1. The summed E-state index contributed by atoms with van der Waals surface area (Å²) in [6.07, 6.45) is 2.72. The number of rotatable bonds is 6. The van der Waals surface area contributed by atoms with Crippen LogP contribution in [0.1, 0.15) is 15.9 Å².